The number of nitrogens with one attached hydrogen (secondary N) is 4. The van der Waals surface area contributed by atoms with Crippen molar-refractivity contribution >= 4 is 52.0 Å². The average molecular weight is 742 g/mol. The number of aliphatic hydroxyl groups is 2. The Bertz CT molecular complexity index is 2180. The molecule has 0 saturated heterocycles. The van der Waals surface area contributed by atoms with E-state index in [2.05, 4.69) is 42.5 Å². The summed E-state index contributed by atoms with van der Waals surface area (Å²) in [7, 11) is 1.49. The first-order valence-corrected chi connectivity index (χ1v) is 15.7. The third-order valence-electron chi connectivity index (χ3n) is 7.89. The number of amides is 3. The van der Waals surface area contributed by atoms with Gasteiger partial charge in [0.25, 0.3) is 11.5 Å². The highest BCUT2D eigenvalue weighted by Crippen LogP contribution is 2.40. The molecule has 19 heteroatoms. The molecule has 1 aliphatic rings. The molecule has 0 aliphatic heterocycles. The first-order chi connectivity index (χ1) is 24.7. The lowest BCUT2D eigenvalue weighted by molar-refractivity contribution is -0.137. The standard InChI is InChI=1S/C21H16ClF3N4O3.C12H15N5O3/c1-26-19(30)18-11-15(8-9-27-18)32-14-5-2-12(3-6-14)28-20(31)29-13-4-7-17(22)16(10-13)21(23,24)25;1-5-6(3-18)8(19)2-7(5)17-4-14-9-10(17)15-12(13)16-11(9)20/h2-11H,1H3,(H,26,30)(H2,28,29,31);4,6-8,18-19H,1-3H2,(H3,13,15,16,20)/t;6-,7-,8-/m.0/s1. The van der Waals surface area contributed by atoms with Crippen molar-refractivity contribution in [3.05, 3.63) is 106 Å². The van der Waals surface area contributed by atoms with Gasteiger partial charge in [-0.25, -0.2) is 9.78 Å². The maximum atomic E-state index is 12.9. The fourth-order valence-electron chi connectivity index (χ4n) is 5.32. The molecule has 15 nitrogen and oxygen atoms in total. The molecule has 5 aromatic rings. The minimum Gasteiger partial charge on any atom is -0.457 e. The fraction of sp³-hybridized carbons (Fsp3) is 0.212. The van der Waals surface area contributed by atoms with Gasteiger partial charge in [0.05, 0.1) is 35.7 Å². The number of ether oxygens (including phenoxy) is 1. The van der Waals surface area contributed by atoms with E-state index >= 15 is 0 Å². The molecular formula is C33H31ClF3N9O6. The summed E-state index contributed by atoms with van der Waals surface area (Å²) in [5.74, 6) is 0.0887. The van der Waals surface area contributed by atoms with Crippen LogP contribution >= 0.6 is 11.6 Å². The number of hydrogen-bond acceptors (Lipinski definition) is 10. The van der Waals surface area contributed by atoms with Gasteiger partial charge < -0.3 is 41.2 Å². The van der Waals surface area contributed by atoms with Crippen LogP contribution in [0.1, 0.15) is 28.5 Å². The van der Waals surface area contributed by atoms with Crippen LogP contribution in [0.25, 0.3) is 11.2 Å². The van der Waals surface area contributed by atoms with E-state index in [-0.39, 0.29) is 47.3 Å². The second-order valence-corrected chi connectivity index (χ2v) is 11.7. The zero-order valence-corrected chi connectivity index (χ0v) is 27.9. The molecular weight excluding hydrogens is 711 g/mol. The lowest BCUT2D eigenvalue weighted by atomic mass is 10.0. The Hall–Kier alpha value is -5.98. The van der Waals surface area contributed by atoms with Crippen molar-refractivity contribution < 1.29 is 37.7 Å². The second-order valence-electron chi connectivity index (χ2n) is 11.3. The Morgan fingerprint density at radius 2 is 1.79 bits per heavy atom. The van der Waals surface area contributed by atoms with Crippen LogP contribution in [0.15, 0.2) is 84.1 Å². The third-order valence-corrected chi connectivity index (χ3v) is 8.21. The molecule has 3 atom stereocenters. The number of alkyl halides is 3. The maximum absolute atomic E-state index is 12.9. The molecule has 6 rings (SSSR count). The number of H-pyrrole nitrogens is 1. The van der Waals surface area contributed by atoms with E-state index in [0.717, 1.165) is 12.1 Å². The number of nitrogens with two attached hydrogens (primary N) is 1. The minimum absolute atomic E-state index is 0.00659. The molecule has 52 heavy (non-hydrogen) atoms. The van der Waals surface area contributed by atoms with Gasteiger partial charge in [0, 0.05) is 36.6 Å². The van der Waals surface area contributed by atoms with Gasteiger partial charge in [0.2, 0.25) is 5.95 Å². The maximum Gasteiger partial charge on any atom is 0.417 e. The number of fused-ring (bicyclic) bond motifs is 1. The lowest BCUT2D eigenvalue weighted by Gasteiger charge is -2.15. The molecule has 0 unspecified atom stereocenters. The van der Waals surface area contributed by atoms with Crippen molar-refractivity contribution in [2.24, 2.45) is 5.92 Å². The smallest absolute Gasteiger partial charge is 0.417 e. The number of aliphatic hydroxyl groups excluding tert-OH is 2. The topological polar surface area (TPSA) is 222 Å². The van der Waals surface area contributed by atoms with Crippen LogP contribution in [0.5, 0.6) is 11.5 Å². The van der Waals surface area contributed by atoms with Gasteiger partial charge in [0.15, 0.2) is 11.2 Å². The molecule has 272 valence electrons. The van der Waals surface area contributed by atoms with Crippen LogP contribution in [-0.4, -0.2) is 66.4 Å². The summed E-state index contributed by atoms with van der Waals surface area (Å²) in [6.07, 6.45) is -2.01. The molecule has 3 aromatic heterocycles. The number of rotatable bonds is 7. The first kappa shape index (κ1) is 37.3. The number of benzene rings is 2. The van der Waals surface area contributed by atoms with Crippen LogP contribution in [-0.2, 0) is 6.18 Å². The summed E-state index contributed by atoms with van der Waals surface area (Å²) in [6.45, 7) is 3.76. The number of urea groups is 1. The van der Waals surface area contributed by atoms with Gasteiger partial charge in [-0.3, -0.25) is 19.6 Å². The Morgan fingerprint density at radius 3 is 2.44 bits per heavy atom. The van der Waals surface area contributed by atoms with Gasteiger partial charge in [-0.15, -0.1) is 0 Å². The number of aromatic amines is 1. The van der Waals surface area contributed by atoms with Crippen molar-refractivity contribution in [3.8, 4) is 11.5 Å². The summed E-state index contributed by atoms with van der Waals surface area (Å²) < 4.78 is 46.1. The highest BCUT2D eigenvalue weighted by molar-refractivity contribution is 6.31. The van der Waals surface area contributed by atoms with E-state index in [9.17, 15) is 37.8 Å². The summed E-state index contributed by atoms with van der Waals surface area (Å²) in [4.78, 5) is 49.9. The number of carbonyl (C=O) groups excluding carboxylic acids is 2. The van der Waals surface area contributed by atoms with Crippen molar-refractivity contribution in [3.63, 3.8) is 0 Å². The Morgan fingerprint density at radius 1 is 1.10 bits per heavy atom. The Labute approximate surface area is 297 Å². The first-order valence-electron chi connectivity index (χ1n) is 15.3. The zero-order valence-electron chi connectivity index (χ0n) is 27.1. The van der Waals surface area contributed by atoms with Crippen LogP contribution in [0.2, 0.25) is 5.02 Å². The van der Waals surface area contributed by atoms with E-state index in [1.807, 2.05) is 0 Å². The normalized spacial score (nSPS) is 16.9. The quantitative estimate of drug-likeness (QED) is 0.114. The van der Waals surface area contributed by atoms with Gasteiger partial charge >= 0.3 is 12.2 Å². The van der Waals surface area contributed by atoms with Crippen LogP contribution in [0, 0.1) is 5.92 Å². The molecule has 3 amide bonds. The molecule has 0 radical (unpaired) electrons. The molecule has 1 fully saturated rings. The van der Waals surface area contributed by atoms with Crippen LogP contribution < -0.4 is 32.0 Å². The molecule has 0 spiro atoms. The van der Waals surface area contributed by atoms with Crippen molar-refractivity contribution in [1.29, 1.82) is 0 Å². The minimum atomic E-state index is -4.64. The number of halogens is 4. The van der Waals surface area contributed by atoms with Crippen molar-refractivity contribution in [2.45, 2.75) is 24.7 Å². The second kappa shape index (κ2) is 15.5. The molecule has 8 N–H and O–H groups in total. The lowest BCUT2D eigenvalue weighted by Crippen LogP contribution is -2.19. The monoisotopic (exact) mass is 741 g/mol. The number of hydrogen-bond donors (Lipinski definition) is 7. The van der Waals surface area contributed by atoms with E-state index < -0.39 is 34.5 Å². The van der Waals surface area contributed by atoms with Crippen molar-refractivity contribution in [1.82, 2.24) is 29.8 Å². The van der Waals surface area contributed by atoms with E-state index in [4.69, 9.17) is 22.1 Å². The van der Waals surface area contributed by atoms with Gasteiger partial charge in [-0.2, -0.15) is 18.2 Å². The predicted molar refractivity (Wildman–Crippen MR) is 185 cm³/mol. The van der Waals surface area contributed by atoms with Gasteiger partial charge in [0.1, 0.15) is 17.2 Å². The highest BCUT2D eigenvalue weighted by atomic mass is 35.5. The number of carbonyl (C=O) groups is 2. The number of nitrogen functional groups attached to an aromatic ring is 1. The van der Waals surface area contributed by atoms with Crippen LogP contribution in [0.3, 0.4) is 0 Å². The molecule has 1 saturated carbocycles. The Kier molecular flexibility index (Phi) is 11.1. The number of pyridine rings is 1. The molecule has 2 aromatic carbocycles. The molecule has 1 aliphatic carbocycles. The highest BCUT2D eigenvalue weighted by Gasteiger charge is 2.38. The third kappa shape index (κ3) is 8.48. The summed E-state index contributed by atoms with van der Waals surface area (Å²) in [5.41, 5.74) is 5.83. The number of aromatic nitrogens is 5. The predicted octanol–water partition coefficient (Wildman–Crippen LogP) is 4.72. The van der Waals surface area contributed by atoms with E-state index in [1.165, 1.54) is 31.7 Å². The van der Waals surface area contributed by atoms with Gasteiger partial charge in [-0.1, -0.05) is 18.2 Å². The fourth-order valence-corrected chi connectivity index (χ4v) is 5.55. The zero-order chi connectivity index (χ0) is 37.7. The summed E-state index contributed by atoms with van der Waals surface area (Å²) in [6, 6.07) is 11.3. The number of anilines is 3. The average Bonchev–Trinajstić information content (AvgIpc) is 3.65. The van der Waals surface area contributed by atoms with E-state index in [1.54, 1.807) is 34.9 Å². The number of nitrogens with zero attached hydrogens (tertiary/aromatic N) is 4. The largest absolute Gasteiger partial charge is 0.457 e. The van der Waals surface area contributed by atoms with Crippen LogP contribution in [0.4, 0.5) is 35.3 Å². The Balaban J connectivity index is 0.000000223. The van der Waals surface area contributed by atoms with E-state index in [0.29, 0.717) is 34.8 Å². The molecule has 0 bridgehead atoms. The van der Waals surface area contributed by atoms with Crippen molar-refractivity contribution in [2.75, 3.05) is 30.0 Å². The molecule has 3 heterocycles. The SMILES string of the molecule is C=C1[C@H](CO)[C@@H](O)C[C@@H]1n1cnc2c(=O)[nH]c(N)nc21.CNC(=O)c1cc(Oc2ccc(NC(=O)Nc3ccc(Cl)c(C(F)(F)F)c3)cc2)ccn1. The van der Waals surface area contributed by atoms with Gasteiger partial charge in [-0.05, 0) is 60.5 Å². The summed E-state index contributed by atoms with van der Waals surface area (Å²) in [5, 5.41) is 26.1. The summed E-state index contributed by atoms with van der Waals surface area (Å²) >= 11 is 5.57. The number of imidazole rings is 1.